The second-order valence-electron chi connectivity index (χ2n) is 4.81. The monoisotopic (exact) mass is 298 g/mol. The average Bonchev–Trinajstić information content (AvgIpc) is 2.34. The van der Waals surface area contributed by atoms with Crippen molar-refractivity contribution in [3.8, 4) is 5.75 Å². The maximum Gasteiger partial charge on any atom is 0.258 e. The molecule has 1 N–H and O–H groups in total. The van der Waals surface area contributed by atoms with Gasteiger partial charge in [0.1, 0.15) is 5.75 Å². The predicted octanol–water partition coefficient (Wildman–Crippen LogP) is 0.918. The van der Waals surface area contributed by atoms with Crippen LogP contribution in [0, 0.1) is 12.8 Å². The van der Waals surface area contributed by atoms with E-state index in [0.717, 1.165) is 5.56 Å². The molecule has 0 aliphatic rings. The number of rotatable bonds is 6. The number of carboxylic acids is 1. The Balaban J connectivity index is 2.57. The Bertz CT molecular complexity index is 502. The molecular formula is C14H17ClNO4-. The Hall–Kier alpha value is -1.75. The van der Waals surface area contributed by atoms with Crippen molar-refractivity contribution in [2.45, 2.75) is 26.8 Å². The number of hydrogen-bond acceptors (Lipinski definition) is 4. The highest BCUT2D eigenvalue weighted by Crippen LogP contribution is 2.21. The summed E-state index contributed by atoms with van der Waals surface area (Å²) in [5, 5.41) is 13.8. The predicted molar refractivity (Wildman–Crippen MR) is 73.5 cm³/mol. The molecule has 0 radical (unpaired) electrons. The Morgan fingerprint density at radius 2 is 2.05 bits per heavy atom. The highest BCUT2D eigenvalue weighted by atomic mass is 35.5. The van der Waals surface area contributed by atoms with Crippen LogP contribution in [-0.4, -0.2) is 24.5 Å². The van der Waals surface area contributed by atoms with E-state index in [1.165, 1.54) is 0 Å². The minimum Gasteiger partial charge on any atom is -0.548 e. The smallest absolute Gasteiger partial charge is 0.258 e. The van der Waals surface area contributed by atoms with Gasteiger partial charge in [0.15, 0.2) is 6.61 Å². The average molecular weight is 299 g/mol. The lowest BCUT2D eigenvalue weighted by atomic mass is 10.1. The number of carbonyl (C=O) groups excluding carboxylic acids is 2. The summed E-state index contributed by atoms with van der Waals surface area (Å²) in [6.45, 7) is 4.91. The van der Waals surface area contributed by atoms with Crippen LogP contribution in [0.5, 0.6) is 5.75 Å². The Labute approximate surface area is 122 Å². The second-order valence-corrected chi connectivity index (χ2v) is 5.24. The van der Waals surface area contributed by atoms with Crippen molar-refractivity contribution in [1.29, 1.82) is 0 Å². The fraction of sp³-hybridized carbons (Fsp3) is 0.429. The first kappa shape index (κ1) is 16.3. The summed E-state index contributed by atoms with van der Waals surface area (Å²) in [5.74, 6) is -1.56. The van der Waals surface area contributed by atoms with Crippen molar-refractivity contribution in [1.82, 2.24) is 5.32 Å². The third kappa shape index (κ3) is 4.74. The lowest BCUT2D eigenvalue weighted by molar-refractivity contribution is -0.309. The highest BCUT2D eigenvalue weighted by Gasteiger charge is 2.17. The van der Waals surface area contributed by atoms with Gasteiger partial charge in [0.05, 0.1) is 12.0 Å². The quantitative estimate of drug-likeness (QED) is 0.847. The van der Waals surface area contributed by atoms with Gasteiger partial charge in [-0.05, 0) is 36.6 Å². The fourth-order valence-corrected chi connectivity index (χ4v) is 1.86. The second kappa shape index (κ2) is 7.14. The molecule has 1 aromatic rings. The SMILES string of the molecule is Cc1cc(Cl)ccc1OCC(=O)N[C@H](C(=O)[O-])C(C)C. The maximum absolute atomic E-state index is 11.7. The largest absolute Gasteiger partial charge is 0.548 e. The first-order valence-electron chi connectivity index (χ1n) is 6.20. The molecule has 6 heteroatoms. The van der Waals surface area contributed by atoms with Gasteiger partial charge in [0.2, 0.25) is 0 Å². The van der Waals surface area contributed by atoms with Crippen LogP contribution in [0.2, 0.25) is 5.02 Å². The molecule has 0 aliphatic heterocycles. The first-order valence-corrected chi connectivity index (χ1v) is 6.58. The van der Waals surface area contributed by atoms with E-state index >= 15 is 0 Å². The molecule has 1 atom stereocenters. The van der Waals surface area contributed by atoms with E-state index in [1.54, 1.807) is 39.0 Å². The normalized spacial score (nSPS) is 12.1. The number of carbonyl (C=O) groups is 2. The molecule has 20 heavy (non-hydrogen) atoms. The molecule has 0 aromatic heterocycles. The molecule has 1 rings (SSSR count). The zero-order valence-corrected chi connectivity index (χ0v) is 12.4. The minimum atomic E-state index is -1.31. The van der Waals surface area contributed by atoms with Crippen LogP contribution < -0.4 is 15.2 Å². The van der Waals surface area contributed by atoms with Gasteiger partial charge >= 0.3 is 0 Å². The zero-order valence-electron chi connectivity index (χ0n) is 11.6. The molecule has 0 saturated heterocycles. The van der Waals surface area contributed by atoms with E-state index in [1.807, 2.05) is 0 Å². The number of hydrogen-bond donors (Lipinski definition) is 1. The van der Waals surface area contributed by atoms with E-state index in [9.17, 15) is 14.7 Å². The van der Waals surface area contributed by atoms with Crippen LogP contribution in [0.25, 0.3) is 0 Å². The van der Waals surface area contributed by atoms with Crippen molar-refractivity contribution in [3.05, 3.63) is 28.8 Å². The van der Waals surface area contributed by atoms with Gasteiger partial charge in [-0.1, -0.05) is 25.4 Å². The van der Waals surface area contributed by atoms with Gasteiger partial charge in [-0.25, -0.2) is 0 Å². The van der Waals surface area contributed by atoms with Crippen molar-refractivity contribution in [2.75, 3.05) is 6.61 Å². The van der Waals surface area contributed by atoms with Crippen molar-refractivity contribution < 1.29 is 19.4 Å². The topological polar surface area (TPSA) is 78.5 Å². The standard InChI is InChI=1S/C14H18ClNO4/c1-8(2)13(14(18)19)16-12(17)7-20-11-5-4-10(15)6-9(11)3/h4-6,8,13H,7H2,1-3H3,(H,16,17)(H,18,19)/p-1/t13-/m0/s1. The molecule has 0 saturated carbocycles. The van der Waals surface area contributed by atoms with Crippen LogP contribution in [0.1, 0.15) is 19.4 Å². The number of aliphatic carboxylic acids is 1. The Morgan fingerprint density at radius 3 is 2.55 bits per heavy atom. The number of halogens is 1. The fourth-order valence-electron chi connectivity index (χ4n) is 1.63. The zero-order chi connectivity index (χ0) is 15.3. The lowest BCUT2D eigenvalue weighted by Gasteiger charge is -2.23. The highest BCUT2D eigenvalue weighted by molar-refractivity contribution is 6.30. The minimum absolute atomic E-state index is 0.263. The number of ether oxygens (including phenoxy) is 1. The van der Waals surface area contributed by atoms with Crippen molar-refractivity contribution in [3.63, 3.8) is 0 Å². The first-order chi connectivity index (χ1) is 9.31. The maximum atomic E-state index is 11.7. The molecule has 0 heterocycles. The number of nitrogens with one attached hydrogen (secondary N) is 1. The van der Waals surface area contributed by atoms with Crippen LogP contribution in [0.15, 0.2) is 18.2 Å². The van der Waals surface area contributed by atoms with Gasteiger partial charge in [0.25, 0.3) is 5.91 Å². The molecule has 0 spiro atoms. The number of aryl methyl sites for hydroxylation is 1. The summed E-state index contributed by atoms with van der Waals surface area (Å²) in [5.41, 5.74) is 0.797. The van der Waals surface area contributed by atoms with E-state index in [4.69, 9.17) is 16.3 Å². The van der Waals surface area contributed by atoms with Gasteiger partial charge in [-0.2, -0.15) is 0 Å². The molecule has 0 fully saturated rings. The number of amides is 1. The molecule has 0 bridgehead atoms. The molecule has 0 unspecified atom stereocenters. The number of benzene rings is 1. The van der Waals surface area contributed by atoms with Gasteiger partial charge in [-0.15, -0.1) is 0 Å². The van der Waals surface area contributed by atoms with E-state index < -0.39 is 17.9 Å². The molecular weight excluding hydrogens is 282 g/mol. The summed E-state index contributed by atoms with van der Waals surface area (Å²) in [6.07, 6.45) is 0. The summed E-state index contributed by atoms with van der Waals surface area (Å²) in [7, 11) is 0. The van der Waals surface area contributed by atoms with Gasteiger partial charge < -0.3 is 20.0 Å². The van der Waals surface area contributed by atoms with E-state index in [2.05, 4.69) is 5.32 Å². The van der Waals surface area contributed by atoms with Crippen LogP contribution in [0.4, 0.5) is 0 Å². The summed E-state index contributed by atoms with van der Waals surface area (Å²) in [4.78, 5) is 22.5. The Morgan fingerprint density at radius 1 is 1.40 bits per heavy atom. The third-order valence-corrected chi connectivity index (χ3v) is 2.97. The van der Waals surface area contributed by atoms with Crippen molar-refractivity contribution in [2.24, 2.45) is 5.92 Å². The molecule has 110 valence electrons. The molecule has 1 amide bonds. The lowest BCUT2D eigenvalue weighted by Crippen LogP contribution is -2.51. The van der Waals surface area contributed by atoms with Gasteiger partial charge in [0, 0.05) is 5.02 Å². The van der Waals surface area contributed by atoms with E-state index in [0.29, 0.717) is 10.8 Å². The Kier molecular flexibility index (Phi) is 5.82. The molecule has 1 aromatic carbocycles. The third-order valence-electron chi connectivity index (χ3n) is 2.73. The summed E-state index contributed by atoms with van der Waals surface area (Å²) < 4.78 is 5.33. The van der Waals surface area contributed by atoms with Crippen LogP contribution in [0.3, 0.4) is 0 Å². The molecule has 5 nitrogen and oxygen atoms in total. The molecule has 0 aliphatic carbocycles. The van der Waals surface area contributed by atoms with Crippen molar-refractivity contribution >= 4 is 23.5 Å². The summed E-state index contributed by atoms with van der Waals surface area (Å²) >= 11 is 5.81. The van der Waals surface area contributed by atoms with Crippen LogP contribution in [-0.2, 0) is 9.59 Å². The number of carboxylic acid groups (broad SMARTS) is 1. The van der Waals surface area contributed by atoms with Gasteiger partial charge in [-0.3, -0.25) is 4.79 Å². The summed E-state index contributed by atoms with van der Waals surface area (Å²) in [6, 6.07) is 3.99. The van der Waals surface area contributed by atoms with E-state index in [-0.39, 0.29) is 12.5 Å². The van der Waals surface area contributed by atoms with Crippen LogP contribution >= 0.6 is 11.6 Å².